The number of hydrogen-bond donors (Lipinski definition) is 1. The van der Waals surface area contributed by atoms with Crippen LogP contribution in [0.4, 0.5) is 20.2 Å². The van der Waals surface area contributed by atoms with Gasteiger partial charge in [0.05, 0.1) is 18.1 Å². The summed E-state index contributed by atoms with van der Waals surface area (Å²) in [6.07, 6.45) is 0.497. The lowest BCUT2D eigenvalue weighted by molar-refractivity contribution is -0.384. The maximum Gasteiger partial charge on any atom is 0.295 e. The lowest BCUT2D eigenvalue weighted by Crippen LogP contribution is -2.11. The van der Waals surface area contributed by atoms with Gasteiger partial charge in [0.2, 0.25) is 0 Å². The van der Waals surface area contributed by atoms with Crippen molar-refractivity contribution in [3.63, 3.8) is 0 Å². The SMILES string of the molecule is COCCOCCCNc1c([N+](=O)[O-])ccc(F)c1F. The molecule has 0 heterocycles. The third kappa shape index (κ3) is 4.71. The molecule has 0 amide bonds. The highest BCUT2D eigenvalue weighted by Gasteiger charge is 2.20. The van der Waals surface area contributed by atoms with Gasteiger partial charge in [-0.1, -0.05) is 0 Å². The van der Waals surface area contributed by atoms with Crippen LogP contribution in [0.3, 0.4) is 0 Å². The molecule has 0 aliphatic carbocycles. The number of hydrogen-bond acceptors (Lipinski definition) is 5. The normalized spacial score (nSPS) is 10.6. The lowest BCUT2D eigenvalue weighted by Gasteiger charge is -2.09. The van der Waals surface area contributed by atoms with Gasteiger partial charge in [0.15, 0.2) is 17.3 Å². The number of nitrogens with one attached hydrogen (secondary N) is 1. The molecule has 0 aliphatic rings. The monoisotopic (exact) mass is 290 g/mol. The van der Waals surface area contributed by atoms with Crippen molar-refractivity contribution in [2.45, 2.75) is 6.42 Å². The van der Waals surface area contributed by atoms with Crippen LogP contribution >= 0.6 is 0 Å². The Morgan fingerprint density at radius 1 is 1.30 bits per heavy atom. The summed E-state index contributed by atoms with van der Waals surface area (Å²) in [4.78, 5) is 9.97. The molecule has 1 N–H and O–H groups in total. The Morgan fingerprint density at radius 3 is 2.70 bits per heavy atom. The van der Waals surface area contributed by atoms with Crippen LogP contribution in [0.25, 0.3) is 0 Å². The largest absolute Gasteiger partial charge is 0.382 e. The molecule has 0 saturated carbocycles. The molecule has 0 aliphatic heterocycles. The third-order valence-electron chi connectivity index (χ3n) is 2.47. The lowest BCUT2D eigenvalue weighted by atomic mass is 10.2. The molecule has 0 atom stereocenters. The Labute approximate surface area is 114 Å². The van der Waals surface area contributed by atoms with E-state index >= 15 is 0 Å². The zero-order valence-electron chi connectivity index (χ0n) is 11.0. The summed E-state index contributed by atoms with van der Waals surface area (Å²) in [5, 5.41) is 13.3. The van der Waals surface area contributed by atoms with Crippen molar-refractivity contribution in [2.24, 2.45) is 0 Å². The fourth-order valence-electron chi connectivity index (χ4n) is 1.49. The number of ether oxygens (including phenoxy) is 2. The molecular formula is C12H16F2N2O4. The molecule has 20 heavy (non-hydrogen) atoms. The Bertz CT molecular complexity index is 457. The minimum atomic E-state index is -1.25. The number of methoxy groups -OCH3 is 1. The van der Waals surface area contributed by atoms with Crippen LogP contribution in [0.1, 0.15) is 6.42 Å². The number of halogens is 2. The molecule has 112 valence electrons. The summed E-state index contributed by atoms with van der Waals surface area (Å²) in [6.45, 7) is 1.53. The highest BCUT2D eigenvalue weighted by atomic mass is 19.2. The van der Waals surface area contributed by atoms with Crippen molar-refractivity contribution in [2.75, 3.05) is 38.8 Å². The number of anilines is 1. The van der Waals surface area contributed by atoms with E-state index < -0.39 is 27.9 Å². The van der Waals surface area contributed by atoms with Gasteiger partial charge in [-0.25, -0.2) is 8.78 Å². The van der Waals surface area contributed by atoms with E-state index in [-0.39, 0.29) is 6.54 Å². The Hall–Kier alpha value is -1.80. The van der Waals surface area contributed by atoms with Crippen LogP contribution in [0.5, 0.6) is 0 Å². The van der Waals surface area contributed by atoms with Crippen LogP contribution in [0, 0.1) is 21.7 Å². The predicted octanol–water partition coefficient (Wildman–Crippen LogP) is 2.34. The van der Waals surface area contributed by atoms with Gasteiger partial charge in [-0.3, -0.25) is 10.1 Å². The van der Waals surface area contributed by atoms with Crippen LogP contribution < -0.4 is 5.32 Å². The molecule has 0 aromatic heterocycles. The van der Waals surface area contributed by atoms with Crippen LogP contribution in [0.15, 0.2) is 12.1 Å². The average molecular weight is 290 g/mol. The van der Waals surface area contributed by atoms with Crippen LogP contribution in [-0.4, -0.2) is 38.4 Å². The van der Waals surface area contributed by atoms with Gasteiger partial charge in [0.25, 0.3) is 5.69 Å². The van der Waals surface area contributed by atoms with Gasteiger partial charge in [-0.2, -0.15) is 0 Å². The van der Waals surface area contributed by atoms with Gasteiger partial charge >= 0.3 is 0 Å². The van der Waals surface area contributed by atoms with Crippen molar-refractivity contribution < 1.29 is 23.2 Å². The molecule has 0 spiro atoms. The number of benzene rings is 1. The Balaban J connectivity index is 2.50. The maximum atomic E-state index is 13.5. The van der Waals surface area contributed by atoms with Crippen molar-refractivity contribution in [3.05, 3.63) is 33.9 Å². The van der Waals surface area contributed by atoms with Gasteiger partial charge in [0, 0.05) is 26.3 Å². The van der Waals surface area contributed by atoms with E-state index in [4.69, 9.17) is 9.47 Å². The molecule has 1 aromatic rings. The molecular weight excluding hydrogens is 274 g/mol. The molecule has 8 heteroatoms. The summed E-state index contributed by atoms with van der Waals surface area (Å²) >= 11 is 0. The number of rotatable bonds is 9. The van der Waals surface area contributed by atoms with Crippen LogP contribution in [-0.2, 0) is 9.47 Å². The second-order valence-corrected chi connectivity index (χ2v) is 3.90. The minimum Gasteiger partial charge on any atom is -0.382 e. The number of nitro benzene ring substituents is 1. The quantitative estimate of drug-likeness (QED) is 0.429. The number of nitro groups is 1. The molecule has 0 unspecified atom stereocenters. The first-order valence-corrected chi connectivity index (χ1v) is 6.01. The molecule has 1 aromatic carbocycles. The first-order chi connectivity index (χ1) is 9.57. The first-order valence-electron chi connectivity index (χ1n) is 6.01. The summed E-state index contributed by atoms with van der Waals surface area (Å²) in [5.41, 5.74) is -0.934. The maximum absolute atomic E-state index is 13.5. The highest BCUT2D eigenvalue weighted by molar-refractivity contribution is 5.62. The second kappa shape index (κ2) is 8.39. The van der Waals surface area contributed by atoms with Crippen molar-refractivity contribution in [3.8, 4) is 0 Å². The topological polar surface area (TPSA) is 73.6 Å². The predicted molar refractivity (Wildman–Crippen MR) is 68.8 cm³/mol. The van der Waals surface area contributed by atoms with E-state index in [1.807, 2.05) is 0 Å². The van der Waals surface area contributed by atoms with E-state index in [1.54, 1.807) is 7.11 Å². The zero-order valence-corrected chi connectivity index (χ0v) is 11.0. The standard InChI is InChI=1S/C12H16F2N2O4/c1-19-7-8-20-6-2-5-15-12-10(16(17)18)4-3-9(13)11(12)14/h3-4,15H,2,5-8H2,1H3. The summed E-state index contributed by atoms with van der Waals surface area (Å²) in [7, 11) is 1.55. The fraction of sp³-hybridized carbons (Fsp3) is 0.500. The molecule has 6 nitrogen and oxygen atoms in total. The number of nitrogens with zero attached hydrogens (tertiary/aromatic N) is 1. The molecule has 0 radical (unpaired) electrons. The summed E-state index contributed by atoms with van der Waals surface area (Å²) in [5.74, 6) is -2.38. The average Bonchev–Trinajstić information content (AvgIpc) is 2.42. The van der Waals surface area contributed by atoms with Gasteiger partial charge in [-0.15, -0.1) is 0 Å². The fourth-order valence-corrected chi connectivity index (χ4v) is 1.49. The molecule has 0 saturated heterocycles. The highest BCUT2D eigenvalue weighted by Crippen LogP contribution is 2.28. The van der Waals surface area contributed by atoms with Crippen molar-refractivity contribution >= 4 is 11.4 Å². The molecule has 0 bridgehead atoms. The Kier molecular flexibility index (Phi) is 6.82. The minimum absolute atomic E-state index is 0.230. The smallest absolute Gasteiger partial charge is 0.295 e. The third-order valence-corrected chi connectivity index (χ3v) is 2.47. The van der Waals surface area contributed by atoms with E-state index in [0.717, 1.165) is 12.1 Å². The second-order valence-electron chi connectivity index (χ2n) is 3.90. The molecule has 0 fully saturated rings. The van der Waals surface area contributed by atoms with Crippen LogP contribution in [0.2, 0.25) is 0 Å². The van der Waals surface area contributed by atoms with Crippen molar-refractivity contribution in [1.82, 2.24) is 0 Å². The van der Waals surface area contributed by atoms with Gasteiger partial charge in [-0.05, 0) is 12.5 Å². The summed E-state index contributed by atoms with van der Waals surface area (Å²) in [6, 6.07) is 1.66. The van der Waals surface area contributed by atoms with Crippen molar-refractivity contribution in [1.29, 1.82) is 0 Å². The zero-order chi connectivity index (χ0) is 15.0. The summed E-state index contributed by atoms with van der Waals surface area (Å²) < 4.78 is 36.5. The van der Waals surface area contributed by atoms with E-state index in [1.165, 1.54) is 0 Å². The van der Waals surface area contributed by atoms with E-state index in [0.29, 0.717) is 26.2 Å². The van der Waals surface area contributed by atoms with Gasteiger partial charge < -0.3 is 14.8 Å². The van der Waals surface area contributed by atoms with E-state index in [9.17, 15) is 18.9 Å². The van der Waals surface area contributed by atoms with Gasteiger partial charge in [0.1, 0.15) is 0 Å². The first kappa shape index (κ1) is 16.3. The molecule has 1 rings (SSSR count). The van der Waals surface area contributed by atoms with E-state index in [2.05, 4.69) is 5.32 Å². The Morgan fingerprint density at radius 2 is 2.05 bits per heavy atom.